The van der Waals surface area contributed by atoms with Crippen molar-refractivity contribution in [2.75, 3.05) is 13.2 Å². The van der Waals surface area contributed by atoms with E-state index in [0.29, 0.717) is 21.6 Å². The average Bonchev–Trinajstić information content (AvgIpc) is 2.76. The van der Waals surface area contributed by atoms with Gasteiger partial charge in [-0.15, -0.1) is 0 Å². The van der Waals surface area contributed by atoms with E-state index in [0.717, 1.165) is 19.1 Å². The van der Waals surface area contributed by atoms with E-state index >= 15 is 0 Å². The minimum Gasteiger partial charge on any atom is -0.507 e. The molecule has 2 rings (SSSR count). The Kier molecular flexibility index (Phi) is 14.6. The maximum atomic E-state index is 10.9. The van der Waals surface area contributed by atoms with E-state index < -0.39 is 24.0 Å². The molecule has 0 bridgehead atoms. The van der Waals surface area contributed by atoms with Gasteiger partial charge in [-0.3, -0.25) is 9.59 Å². The van der Waals surface area contributed by atoms with Gasteiger partial charge in [-0.25, -0.2) is 0 Å². The number of aliphatic carboxylic acids is 2. The first kappa shape index (κ1) is 31.1. The number of aromatic hydroxyl groups is 1. The molecule has 7 N–H and O–H groups in total. The SMILES string of the molecule is CCCN[C@@H](CCO)C(=O)O.N[C@@H](Cc1cc(I)c(Oc2ccc(O)c(I)c2)c(I)c1)C(=O)O. The lowest BCUT2D eigenvalue weighted by Gasteiger charge is -2.13. The Morgan fingerprint density at radius 1 is 1.06 bits per heavy atom. The zero-order valence-corrected chi connectivity index (χ0v) is 24.8. The summed E-state index contributed by atoms with van der Waals surface area (Å²) in [6.45, 7) is 2.55. The van der Waals surface area contributed by atoms with Crippen LogP contribution in [0.2, 0.25) is 0 Å². The number of ether oxygens (including phenoxy) is 1. The van der Waals surface area contributed by atoms with Crippen LogP contribution in [0.1, 0.15) is 25.3 Å². The van der Waals surface area contributed by atoms with Gasteiger partial charge in [-0.2, -0.15) is 0 Å². The molecule has 0 fully saturated rings. The fraction of sp³-hybridized carbons (Fsp3) is 0.364. The number of hydrogen-bond donors (Lipinski definition) is 6. The molecule has 0 aromatic heterocycles. The summed E-state index contributed by atoms with van der Waals surface area (Å²) in [6.07, 6.45) is 1.43. The quantitative estimate of drug-likeness (QED) is 0.186. The van der Waals surface area contributed by atoms with E-state index in [1.807, 2.05) is 41.6 Å². The highest BCUT2D eigenvalue weighted by Crippen LogP contribution is 2.34. The monoisotopic (exact) mass is 812 g/mol. The highest BCUT2D eigenvalue weighted by molar-refractivity contribution is 14.1. The highest BCUT2D eigenvalue weighted by Gasteiger charge is 2.16. The molecule has 0 amide bonds. The first-order valence-corrected chi connectivity index (χ1v) is 13.4. The van der Waals surface area contributed by atoms with Crippen molar-refractivity contribution < 1.29 is 34.8 Å². The summed E-state index contributed by atoms with van der Waals surface area (Å²) in [5.41, 5.74) is 6.43. The zero-order chi connectivity index (χ0) is 25.8. The Labute approximate surface area is 238 Å². The van der Waals surface area contributed by atoms with Gasteiger partial charge in [0.05, 0.1) is 10.7 Å². The highest BCUT2D eigenvalue weighted by atomic mass is 127. The molecule has 0 spiro atoms. The number of nitrogens with two attached hydrogens (primary N) is 1. The third-order valence-corrected chi connectivity index (χ3v) is 6.79. The molecule has 34 heavy (non-hydrogen) atoms. The van der Waals surface area contributed by atoms with Crippen LogP contribution in [0.25, 0.3) is 0 Å². The van der Waals surface area contributed by atoms with Crippen LogP contribution < -0.4 is 15.8 Å². The van der Waals surface area contributed by atoms with Gasteiger partial charge >= 0.3 is 11.9 Å². The van der Waals surface area contributed by atoms with E-state index in [4.69, 9.17) is 25.8 Å². The zero-order valence-electron chi connectivity index (χ0n) is 18.3. The van der Waals surface area contributed by atoms with E-state index in [9.17, 15) is 14.7 Å². The van der Waals surface area contributed by atoms with Crippen molar-refractivity contribution in [2.45, 2.75) is 38.3 Å². The van der Waals surface area contributed by atoms with Gasteiger partial charge < -0.3 is 36.2 Å². The van der Waals surface area contributed by atoms with Crippen LogP contribution in [0.5, 0.6) is 17.2 Å². The Morgan fingerprint density at radius 3 is 2.15 bits per heavy atom. The molecule has 0 aliphatic carbocycles. The molecule has 2 aromatic carbocycles. The average molecular weight is 812 g/mol. The van der Waals surface area contributed by atoms with Crippen LogP contribution in [0, 0.1) is 10.7 Å². The van der Waals surface area contributed by atoms with Crippen molar-refractivity contribution in [1.82, 2.24) is 5.32 Å². The lowest BCUT2D eigenvalue weighted by atomic mass is 10.1. The third kappa shape index (κ3) is 10.8. The molecule has 2 aromatic rings. The Hall–Kier alpha value is -0.950. The van der Waals surface area contributed by atoms with Crippen LogP contribution in [0.15, 0.2) is 30.3 Å². The molecule has 9 nitrogen and oxygen atoms in total. The summed E-state index contributed by atoms with van der Waals surface area (Å²) in [7, 11) is 0. The molecule has 0 saturated heterocycles. The normalized spacial score (nSPS) is 12.3. The molecule has 0 saturated carbocycles. The lowest BCUT2D eigenvalue weighted by Crippen LogP contribution is -2.37. The summed E-state index contributed by atoms with van der Waals surface area (Å²) in [4.78, 5) is 21.3. The Bertz CT molecular complexity index is 953. The molecule has 0 radical (unpaired) electrons. The standard InChI is InChI=1S/C15H12I3NO4.C7H15NO3/c16-9-6-8(1-2-13(9)20)23-14-10(17)3-7(4-11(14)18)5-12(19)15(21)22;1-2-4-8-6(3-5-9)7(10)11/h1-4,6,12,20H,5,19H2,(H,21,22);6,8-9H,2-5H2,1H3,(H,10,11)/t12-;6-/m00/s1. The van der Waals surface area contributed by atoms with Crippen molar-refractivity contribution in [3.8, 4) is 17.2 Å². The number of rotatable bonds is 11. The summed E-state index contributed by atoms with van der Waals surface area (Å²) in [5, 5.41) is 38.3. The fourth-order valence-electron chi connectivity index (χ4n) is 2.60. The number of aliphatic hydroxyl groups is 1. The number of nitrogens with one attached hydrogen (secondary N) is 1. The first-order chi connectivity index (χ1) is 16.0. The van der Waals surface area contributed by atoms with Crippen LogP contribution in [0.3, 0.4) is 0 Å². The minimum absolute atomic E-state index is 0.0896. The summed E-state index contributed by atoms with van der Waals surface area (Å²) in [6, 6.07) is 7.23. The van der Waals surface area contributed by atoms with E-state index in [2.05, 4.69) is 50.5 Å². The van der Waals surface area contributed by atoms with Gasteiger partial charge in [0.25, 0.3) is 0 Å². The smallest absolute Gasteiger partial charge is 0.320 e. The number of carboxylic acids is 2. The lowest BCUT2D eigenvalue weighted by molar-refractivity contribution is -0.140. The first-order valence-electron chi connectivity index (χ1n) is 10.2. The predicted octanol–water partition coefficient (Wildman–Crippen LogP) is 3.77. The molecule has 0 aliphatic rings. The van der Waals surface area contributed by atoms with Gasteiger partial charge in [0.1, 0.15) is 23.6 Å². The number of phenolic OH excluding ortho intramolecular Hbond substituents is 1. The van der Waals surface area contributed by atoms with Crippen molar-refractivity contribution in [2.24, 2.45) is 5.73 Å². The molecule has 2 atom stereocenters. The second kappa shape index (κ2) is 15.9. The summed E-state index contributed by atoms with van der Waals surface area (Å²) < 4.78 is 8.34. The Balaban J connectivity index is 0.000000445. The summed E-state index contributed by atoms with van der Waals surface area (Å²) >= 11 is 6.33. The molecule has 0 heterocycles. The molecule has 0 unspecified atom stereocenters. The molecule has 188 valence electrons. The topological polar surface area (TPSA) is 162 Å². The van der Waals surface area contributed by atoms with Crippen LogP contribution in [0.4, 0.5) is 0 Å². The fourth-order valence-corrected chi connectivity index (χ4v) is 5.20. The van der Waals surface area contributed by atoms with E-state index in [1.165, 1.54) is 0 Å². The number of aliphatic hydroxyl groups excluding tert-OH is 1. The van der Waals surface area contributed by atoms with Crippen LogP contribution >= 0.6 is 67.8 Å². The second-order valence-corrected chi connectivity index (χ2v) is 10.6. The predicted molar refractivity (Wildman–Crippen MR) is 154 cm³/mol. The van der Waals surface area contributed by atoms with Gasteiger partial charge in [0.15, 0.2) is 5.75 Å². The van der Waals surface area contributed by atoms with Gasteiger partial charge in [-0.1, -0.05) is 6.92 Å². The number of phenols is 1. The number of carbonyl (C=O) groups is 2. The molecule has 12 heteroatoms. The van der Waals surface area contributed by atoms with Crippen molar-refractivity contribution >= 4 is 79.7 Å². The largest absolute Gasteiger partial charge is 0.507 e. The number of carboxylic acid groups (broad SMARTS) is 2. The van der Waals surface area contributed by atoms with Crippen LogP contribution in [-0.2, 0) is 16.0 Å². The van der Waals surface area contributed by atoms with E-state index in [1.54, 1.807) is 18.2 Å². The maximum absolute atomic E-state index is 10.9. The number of hydrogen-bond acceptors (Lipinski definition) is 7. The molecular formula is C22H27I3N2O7. The second-order valence-electron chi connectivity index (χ2n) is 7.11. The number of halogens is 3. The summed E-state index contributed by atoms with van der Waals surface area (Å²) in [5.74, 6) is -0.389. The Morgan fingerprint density at radius 2 is 1.68 bits per heavy atom. The van der Waals surface area contributed by atoms with Crippen LogP contribution in [-0.4, -0.2) is 57.6 Å². The van der Waals surface area contributed by atoms with Gasteiger partial charge in [0.2, 0.25) is 0 Å². The van der Waals surface area contributed by atoms with Crippen molar-refractivity contribution in [1.29, 1.82) is 0 Å². The number of benzene rings is 2. The van der Waals surface area contributed by atoms with Crippen molar-refractivity contribution in [3.05, 3.63) is 46.6 Å². The maximum Gasteiger partial charge on any atom is 0.320 e. The van der Waals surface area contributed by atoms with Crippen molar-refractivity contribution in [3.63, 3.8) is 0 Å². The third-order valence-electron chi connectivity index (χ3n) is 4.33. The van der Waals surface area contributed by atoms with Gasteiger partial charge in [-0.05, 0) is 129 Å². The molecular weight excluding hydrogens is 785 g/mol. The van der Waals surface area contributed by atoms with E-state index in [-0.39, 0.29) is 25.2 Å². The molecule has 0 aliphatic heterocycles. The van der Waals surface area contributed by atoms with Gasteiger partial charge in [0, 0.05) is 6.61 Å². The minimum atomic E-state index is -1.02.